The normalized spacial score (nSPS) is 16.8. The van der Waals surface area contributed by atoms with Crippen LogP contribution < -0.4 is 15.1 Å². The minimum absolute atomic E-state index is 0.259. The Hall–Kier alpha value is -3.94. The van der Waals surface area contributed by atoms with Crippen LogP contribution in [0.1, 0.15) is 49.5 Å². The van der Waals surface area contributed by atoms with Gasteiger partial charge >= 0.3 is 0 Å². The fourth-order valence-electron chi connectivity index (χ4n) is 5.35. The Bertz CT molecular complexity index is 1380. The molecule has 5 heterocycles. The van der Waals surface area contributed by atoms with Gasteiger partial charge in [-0.3, -0.25) is 14.9 Å². The largest absolute Gasteiger partial charge is 0.370 e. The molecule has 2 aliphatic rings. The highest BCUT2D eigenvalue weighted by molar-refractivity contribution is 6.11. The summed E-state index contributed by atoms with van der Waals surface area (Å²) >= 11 is 0. The Morgan fingerprint density at radius 3 is 2.54 bits per heavy atom. The topological polar surface area (TPSA) is 90.0 Å². The molecule has 190 valence electrons. The lowest BCUT2D eigenvalue weighted by Gasteiger charge is -2.31. The number of carbonyl (C=O) groups is 1. The summed E-state index contributed by atoms with van der Waals surface area (Å²) in [6, 6.07) is 12.1. The van der Waals surface area contributed by atoms with E-state index >= 15 is 0 Å². The molecule has 0 aliphatic carbocycles. The van der Waals surface area contributed by atoms with E-state index in [1.165, 1.54) is 32.1 Å². The zero-order valence-electron chi connectivity index (χ0n) is 21.3. The zero-order chi connectivity index (χ0) is 25.2. The van der Waals surface area contributed by atoms with Crippen LogP contribution in [0.4, 0.5) is 17.2 Å². The van der Waals surface area contributed by atoms with E-state index in [1.54, 1.807) is 6.20 Å². The van der Waals surface area contributed by atoms with Gasteiger partial charge in [-0.25, -0.2) is 4.98 Å². The number of carbonyl (C=O) groups excluding carboxylic acids is 1. The molecule has 2 saturated heterocycles. The Balaban J connectivity index is 1.20. The number of piperidine rings is 2. The number of hydrogen-bond donors (Lipinski definition) is 2. The third-order valence-corrected chi connectivity index (χ3v) is 7.67. The Morgan fingerprint density at radius 1 is 0.919 bits per heavy atom. The predicted molar refractivity (Wildman–Crippen MR) is 148 cm³/mol. The van der Waals surface area contributed by atoms with Gasteiger partial charge in [-0.1, -0.05) is 13.0 Å². The molecule has 0 unspecified atom stereocenters. The Labute approximate surface area is 217 Å². The number of nitrogens with one attached hydrogen (secondary N) is 2. The average molecular weight is 496 g/mol. The number of nitrogens with zero attached hydrogens (tertiary/aromatic N) is 5. The van der Waals surface area contributed by atoms with Gasteiger partial charge in [0, 0.05) is 43.3 Å². The summed E-state index contributed by atoms with van der Waals surface area (Å²) in [6.45, 7) is 6.50. The van der Waals surface area contributed by atoms with Gasteiger partial charge < -0.3 is 15.1 Å². The monoisotopic (exact) mass is 495 g/mol. The van der Waals surface area contributed by atoms with Crippen LogP contribution in [0.2, 0.25) is 0 Å². The van der Waals surface area contributed by atoms with Crippen LogP contribution in [-0.4, -0.2) is 52.3 Å². The highest BCUT2D eigenvalue weighted by Crippen LogP contribution is 2.29. The number of aromatic nitrogens is 4. The predicted octanol–water partition coefficient (Wildman–Crippen LogP) is 5.50. The fourth-order valence-corrected chi connectivity index (χ4v) is 5.35. The molecule has 0 spiro atoms. The van der Waals surface area contributed by atoms with Crippen molar-refractivity contribution in [2.24, 2.45) is 5.92 Å². The van der Waals surface area contributed by atoms with E-state index in [9.17, 15) is 4.79 Å². The summed E-state index contributed by atoms with van der Waals surface area (Å²) in [7, 11) is 0. The highest BCUT2D eigenvalue weighted by Gasteiger charge is 2.19. The summed E-state index contributed by atoms with van der Waals surface area (Å²) in [4.78, 5) is 27.0. The molecule has 6 rings (SSSR count). The van der Waals surface area contributed by atoms with E-state index in [2.05, 4.69) is 48.3 Å². The van der Waals surface area contributed by atoms with Gasteiger partial charge in [0.15, 0.2) is 5.69 Å². The average Bonchev–Trinajstić information content (AvgIpc) is 3.38. The van der Waals surface area contributed by atoms with Crippen molar-refractivity contribution < 1.29 is 4.79 Å². The van der Waals surface area contributed by atoms with Crippen molar-refractivity contribution in [1.82, 2.24) is 20.2 Å². The molecule has 4 aromatic rings. The second-order valence-corrected chi connectivity index (χ2v) is 10.3. The lowest BCUT2D eigenvalue weighted by molar-refractivity contribution is 0.102. The first-order chi connectivity index (χ1) is 18.1. The van der Waals surface area contributed by atoms with Crippen molar-refractivity contribution >= 4 is 34.0 Å². The van der Waals surface area contributed by atoms with E-state index in [0.29, 0.717) is 11.4 Å². The van der Waals surface area contributed by atoms with Gasteiger partial charge in [-0.15, -0.1) is 0 Å². The quantitative estimate of drug-likeness (QED) is 0.380. The standard InChI is InChI=1S/C29H33N7O/c1-20-9-13-36(14-10-20)27-8-6-23(18-31-27)32-29(37)28-25-16-21(5-7-26(25)33-34-28)22-15-24(19-30-17-22)35-11-3-2-4-12-35/h5-8,15-20H,2-4,9-14H2,1H3,(H,32,37)(H,33,34). The maximum atomic E-state index is 13.2. The van der Waals surface area contributed by atoms with Gasteiger partial charge in [-0.2, -0.15) is 5.10 Å². The van der Waals surface area contributed by atoms with Crippen LogP contribution in [0.25, 0.3) is 22.0 Å². The summed E-state index contributed by atoms with van der Waals surface area (Å²) in [5.41, 5.74) is 5.04. The van der Waals surface area contributed by atoms with E-state index in [-0.39, 0.29) is 5.91 Å². The summed E-state index contributed by atoms with van der Waals surface area (Å²) < 4.78 is 0. The number of rotatable bonds is 5. The lowest BCUT2D eigenvalue weighted by atomic mass is 9.99. The molecule has 0 radical (unpaired) electrons. The van der Waals surface area contributed by atoms with Gasteiger partial charge in [-0.05, 0) is 73.9 Å². The molecule has 0 saturated carbocycles. The summed E-state index contributed by atoms with van der Waals surface area (Å²) in [5.74, 6) is 1.47. The first-order valence-electron chi connectivity index (χ1n) is 13.3. The van der Waals surface area contributed by atoms with E-state index < -0.39 is 0 Å². The van der Waals surface area contributed by atoms with E-state index in [0.717, 1.165) is 65.6 Å². The molecular weight excluding hydrogens is 462 g/mol. The fraction of sp³-hybridized carbons (Fsp3) is 0.379. The number of fused-ring (bicyclic) bond motifs is 1. The third kappa shape index (κ3) is 5.01. The molecule has 2 aliphatic heterocycles. The molecule has 37 heavy (non-hydrogen) atoms. The molecule has 3 aromatic heterocycles. The molecule has 0 bridgehead atoms. The first-order valence-corrected chi connectivity index (χ1v) is 13.3. The van der Waals surface area contributed by atoms with Crippen molar-refractivity contribution in [3.8, 4) is 11.1 Å². The minimum atomic E-state index is -0.259. The van der Waals surface area contributed by atoms with Crippen LogP contribution in [0, 0.1) is 5.92 Å². The number of aromatic amines is 1. The number of benzene rings is 1. The summed E-state index contributed by atoms with van der Waals surface area (Å²) in [5, 5.41) is 11.1. The van der Waals surface area contributed by atoms with Crippen LogP contribution in [-0.2, 0) is 0 Å². The van der Waals surface area contributed by atoms with Gasteiger partial charge in [0.1, 0.15) is 5.82 Å². The number of H-pyrrole nitrogens is 1. The van der Waals surface area contributed by atoms with Crippen molar-refractivity contribution in [2.75, 3.05) is 41.3 Å². The van der Waals surface area contributed by atoms with Crippen LogP contribution in [0.3, 0.4) is 0 Å². The lowest BCUT2D eigenvalue weighted by Crippen LogP contribution is -2.33. The Kier molecular flexibility index (Phi) is 6.47. The number of amides is 1. The van der Waals surface area contributed by atoms with E-state index in [4.69, 9.17) is 0 Å². The third-order valence-electron chi connectivity index (χ3n) is 7.67. The van der Waals surface area contributed by atoms with Crippen LogP contribution >= 0.6 is 0 Å². The summed E-state index contributed by atoms with van der Waals surface area (Å²) in [6.07, 6.45) is 11.7. The van der Waals surface area contributed by atoms with Gasteiger partial charge in [0.25, 0.3) is 5.91 Å². The first kappa shape index (κ1) is 23.5. The molecule has 8 nitrogen and oxygen atoms in total. The molecule has 1 amide bonds. The highest BCUT2D eigenvalue weighted by atomic mass is 16.1. The van der Waals surface area contributed by atoms with Gasteiger partial charge in [0.2, 0.25) is 0 Å². The minimum Gasteiger partial charge on any atom is -0.370 e. The van der Waals surface area contributed by atoms with Crippen molar-refractivity contribution in [3.05, 3.63) is 60.7 Å². The van der Waals surface area contributed by atoms with E-state index in [1.807, 2.05) is 42.7 Å². The molecular formula is C29H33N7O. The number of anilines is 3. The number of hydrogen-bond acceptors (Lipinski definition) is 6. The van der Waals surface area contributed by atoms with Crippen LogP contribution in [0.5, 0.6) is 0 Å². The SMILES string of the molecule is CC1CCN(c2ccc(NC(=O)c3n[nH]c4ccc(-c5cncc(N6CCCCC6)c5)cc34)cn2)CC1. The van der Waals surface area contributed by atoms with Crippen molar-refractivity contribution in [1.29, 1.82) is 0 Å². The molecule has 0 atom stereocenters. The van der Waals surface area contributed by atoms with Gasteiger partial charge in [0.05, 0.1) is 29.3 Å². The van der Waals surface area contributed by atoms with Crippen LogP contribution in [0.15, 0.2) is 55.0 Å². The smallest absolute Gasteiger partial charge is 0.276 e. The van der Waals surface area contributed by atoms with Crippen molar-refractivity contribution in [2.45, 2.75) is 39.0 Å². The number of pyridine rings is 2. The zero-order valence-corrected chi connectivity index (χ0v) is 21.3. The maximum Gasteiger partial charge on any atom is 0.276 e. The van der Waals surface area contributed by atoms with Crippen molar-refractivity contribution in [3.63, 3.8) is 0 Å². The maximum absolute atomic E-state index is 13.2. The molecule has 2 fully saturated rings. The molecule has 8 heteroatoms. The molecule has 1 aromatic carbocycles. The Morgan fingerprint density at radius 2 is 1.76 bits per heavy atom. The molecule has 2 N–H and O–H groups in total. The second kappa shape index (κ2) is 10.2. The second-order valence-electron chi connectivity index (χ2n) is 10.3.